The first-order valence-electron chi connectivity index (χ1n) is 8.90. The van der Waals surface area contributed by atoms with Gasteiger partial charge in [0.25, 0.3) is 0 Å². The summed E-state index contributed by atoms with van der Waals surface area (Å²) < 4.78 is 1.61. The Hall–Kier alpha value is -3.81. The molecule has 0 aliphatic carbocycles. The van der Waals surface area contributed by atoms with Gasteiger partial charge in [0.05, 0.1) is 17.9 Å². The molecule has 0 aliphatic rings. The quantitative estimate of drug-likeness (QED) is 0.541. The van der Waals surface area contributed by atoms with E-state index in [9.17, 15) is 4.79 Å². The Bertz CT molecular complexity index is 1070. The van der Waals surface area contributed by atoms with Gasteiger partial charge in [0.2, 0.25) is 5.91 Å². The number of aromatic nitrogens is 6. The van der Waals surface area contributed by atoms with Crippen molar-refractivity contribution >= 4 is 11.7 Å². The standard InChI is InChI=1S/C20H19N7O/c1-14-24-19(15-5-3-2-4-6-15)20(25-14)16-7-9-22-17(11-16)26-18(28)8-10-27-13-21-12-23-27/h2-7,9,11-13H,8,10H2,1H3,(H,24,25)(H,22,26,28). The molecule has 1 aromatic carbocycles. The van der Waals surface area contributed by atoms with E-state index in [1.54, 1.807) is 17.2 Å². The molecule has 3 aromatic heterocycles. The summed E-state index contributed by atoms with van der Waals surface area (Å²) in [5.41, 5.74) is 3.69. The van der Waals surface area contributed by atoms with Crippen LogP contribution in [0.15, 0.2) is 61.3 Å². The number of carbonyl (C=O) groups is 1. The summed E-state index contributed by atoms with van der Waals surface area (Å²) in [7, 11) is 0. The van der Waals surface area contributed by atoms with Crippen molar-refractivity contribution in [3.63, 3.8) is 0 Å². The van der Waals surface area contributed by atoms with Gasteiger partial charge in [-0.05, 0) is 19.1 Å². The van der Waals surface area contributed by atoms with Crippen molar-refractivity contribution in [2.24, 2.45) is 0 Å². The number of aromatic amines is 1. The van der Waals surface area contributed by atoms with Crippen LogP contribution < -0.4 is 5.32 Å². The number of rotatable bonds is 6. The molecule has 0 fully saturated rings. The lowest BCUT2D eigenvalue weighted by atomic mass is 10.1. The van der Waals surface area contributed by atoms with E-state index in [1.807, 2.05) is 49.4 Å². The van der Waals surface area contributed by atoms with E-state index >= 15 is 0 Å². The monoisotopic (exact) mass is 373 g/mol. The Labute approximate surface area is 161 Å². The fourth-order valence-corrected chi connectivity index (χ4v) is 2.93. The van der Waals surface area contributed by atoms with Crippen LogP contribution in [0.4, 0.5) is 5.82 Å². The van der Waals surface area contributed by atoms with Crippen molar-refractivity contribution in [1.29, 1.82) is 0 Å². The zero-order valence-electron chi connectivity index (χ0n) is 15.3. The largest absolute Gasteiger partial charge is 0.342 e. The van der Waals surface area contributed by atoms with E-state index in [-0.39, 0.29) is 12.3 Å². The number of H-pyrrole nitrogens is 1. The fraction of sp³-hybridized carbons (Fsp3) is 0.150. The maximum absolute atomic E-state index is 12.2. The van der Waals surface area contributed by atoms with Gasteiger partial charge in [-0.2, -0.15) is 5.10 Å². The molecule has 8 heteroatoms. The van der Waals surface area contributed by atoms with Crippen molar-refractivity contribution in [2.45, 2.75) is 19.9 Å². The molecule has 0 spiro atoms. The topological polar surface area (TPSA) is 101 Å². The zero-order valence-corrected chi connectivity index (χ0v) is 15.3. The lowest BCUT2D eigenvalue weighted by Crippen LogP contribution is -2.15. The molecule has 4 rings (SSSR count). The molecule has 0 atom stereocenters. The predicted molar refractivity (Wildman–Crippen MR) is 105 cm³/mol. The summed E-state index contributed by atoms with van der Waals surface area (Å²) in [6, 6.07) is 13.7. The number of nitrogens with one attached hydrogen (secondary N) is 2. The van der Waals surface area contributed by atoms with Crippen LogP contribution in [0.3, 0.4) is 0 Å². The number of imidazole rings is 1. The summed E-state index contributed by atoms with van der Waals surface area (Å²) in [6.45, 7) is 2.38. The molecular weight excluding hydrogens is 354 g/mol. The third-order valence-electron chi connectivity index (χ3n) is 4.22. The Morgan fingerprint density at radius 2 is 2.04 bits per heavy atom. The van der Waals surface area contributed by atoms with Crippen LogP contribution in [0.2, 0.25) is 0 Å². The number of hydrogen-bond donors (Lipinski definition) is 2. The Balaban J connectivity index is 1.54. The molecule has 8 nitrogen and oxygen atoms in total. The third kappa shape index (κ3) is 3.96. The summed E-state index contributed by atoms with van der Waals surface area (Å²) in [5.74, 6) is 1.17. The molecule has 3 heterocycles. The number of nitrogens with zero attached hydrogens (tertiary/aromatic N) is 5. The highest BCUT2D eigenvalue weighted by molar-refractivity contribution is 5.90. The van der Waals surface area contributed by atoms with Crippen molar-refractivity contribution in [2.75, 3.05) is 5.32 Å². The summed E-state index contributed by atoms with van der Waals surface area (Å²) >= 11 is 0. The van der Waals surface area contributed by atoms with Crippen LogP contribution in [0.5, 0.6) is 0 Å². The van der Waals surface area contributed by atoms with Crippen molar-refractivity contribution in [1.82, 2.24) is 29.7 Å². The molecule has 140 valence electrons. The average molecular weight is 373 g/mol. The van der Waals surface area contributed by atoms with Crippen LogP contribution in [0, 0.1) is 6.92 Å². The smallest absolute Gasteiger partial charge is 0.227 e. The van der Waals surface area contributed by atoms with Crippen molar-refractivity contribution < 1.29 is 4.79 Å². The SMILES string of the molecule is Cc1nc(-c2ccnc(NC(=O)CCn3cncn3)c2)c(-c2ccccc2)[nH]1. The van der Waals surface area contributed by atoms with Gasteiger partial charge in [-0.25, -0.2) is 15.0 Å². The van der Waals surface area contributed by atoms with Gasteiger partial charge in [-0.15, -0.1) is 0 Å². The molecule has 1 amide bonds. The number of pyridine rings is 1. The Morgan fingerprint density at radius 3 is 2.82 bits per heavy atom. The van der Waals surface area contributed by atoms with E-state index < -0.39 is 0 Å². The molecule has 0 aliphatic heterocycles. The normalized spacial score (nSPS) is 10.8. The van der Waals surface area contributed by atoms with Gasteiger partial charge >= 0.3 is 0 Å². The second-order valence-electron chi connectivity index (χ2n) is 6.30. The number of carbonyl (C=O) groups excluding carboxylic acids is 1. The predicted octanol–water partition coefficient (Wildman–Crippen LogP) is 3.07. The first-order chi connectivity index (χ1) is 13.7. The van der Waals surface area contributed by atoms with Crippen LogP contribution in [-0.2, 0) is 11.3 Å². The molecule has 0 bridgehead atoms. The minimum absolute atomic E-state index is 0.137. The number of hydrogen-bond acceptors (Lipinski definition) is 5. The van der Waals surface area contributed by atoms with Gasteiger partial charge in [-0.3, -0.25) is 9.48 Å². The number of aryl methyl sites for hydroxylation is 2. The van der Waals surface area contributed by atoms with Gasteiger partial charge in [0.15, 0.2) is 0 Å². The second kappa shape index (κ2) is 7.83. The maximum atomic E-state index is 12.2. The van der Waals surface area contributed by atoms with Crippen LogP contribution in [0.25, 0.3) is 22.5 Å². The maximum Gasteiger partial charge on any atom is 0.227 e. The van der Waals surface area contributed by atoms with Gasteiger partial charge in [-0.1, -0.05) is 30.3 Å². The van der Waals surface area contributed by atoms with Crippen molar-refractivity contribution in [3.8, 4) is 22.5 Å². The van der Waals surface area contributed by atoms with E-state index in [0.717, 1.165) is 28.3 Å². The number of benzene rings is 1. The summed E-state index contributed by atoms with van der Waals surface area (Å²) in [4.78, 5) is 28.3. The van der Waals surface area contributed by atoms with E-state index in [2.05, 4.69) is 30.4 Å². The Morgan fingerprint density at radius 1 is 1.18 bits per heavy atom. The number of anilines is 1. The molecule has 28 heavy (non-hydrogen) atoms. The molecular formula is C20H19N7O. The molecule has 4 aromatic rings. The molecule has 0 radical (unpaired) electrons. The average Bonchev–Trinajstić information content (AvgIpc) is 3.37. The van der Waals surface area contributed by atoms with E-state index in [4.69, 9.17) is 0 Å². The van der Waals surface area contributed by atoms with Crippen LogP contribution in [0.1, 0.15) is 12.2 Å². The number of amides is 1. The molecule has 2 N–H and O–H groups in total. The molecule has 0 saturated heterocycles. The molecule has 0 saturated carbocycles. The van der Waals surface area contributed by atoms with Crippen LogP contribution >= 0.6 is 0 Å². The van der Waals surface area contributed by atoms with Gasteiger partial charge < -0.3 is 10.3 Å². The van der Waals surface area contributed by atoms with E-state index in [1.165, 1.54) is 6.33 Å². The zero-order chi connectivity index (χ0) is 19.3. The van der Waals surface area contributed by atoms with Crippen molar-refractivity contribution in [3.05, 3.63) is 67.1 Å². The highest BCUT2D eigenvalue weighted by Gasteiger charge is 2.14. The third-order valence-corrected chi connectivity index (χ3v) is 4.22. The first-order valence-corrected chi connectivity index (χ1v) is 8.90. The van der Waals surface area contributed by atoms with Gasteiger partial charge in [0, 0.05) is 23.7 Å². The van der Waals surface area contributed by atoms with Crippen LogP contribution in [-0.4, -0.2) is 35.6 Å². The minimum atomic E-state index is -0.137. The second-order valence-corrected chi connectivity index (χ2v) is 6.30. The Kier molecular flexibility index (Phi) is 4.92. The molecule has 0 unspecified atom stereocenters. The lowest BCUT2D eigenvalue weighted by Gasteiger charge is -2.07. The van der Waals surface area contributed by atoms with Gasteiger partial charge in [0.1, 0.15) is 24.3 Å². The first kappa shape index (κ1) is 17.6. The summed E-state index contributed by atoms with van der Waals surface area (Å²) in [6.07, 6.45) is 4.98. The fourth-order valence-electron chi connectivity index (χ4n) is 2.93. The van der Waals surface area contributed by atoms with E-state index in [0.29, 0.717) is 12.4 Å². The highest BCUT2D eigenvalue weighted by Crippen LogP contribution is 2.30. The highest BCUT2D eigenvalue weighted by atomic mass is 16.1. The lowest BCUT2D eigenvalue weighted by molar-refractivity contribution is -0.116. The minimum Gasteiger partial charge on any atom is -0.342 e. The summed E-state index contributed by atoms with van der Waals surface area (Å²) in [5, 5.41) is 6.82.